The molecule has 0 saturated heterocycles. The van der Waals surface area contributed by atoms with Crippen molar-refractivity contribution in [2.75, 3.05) is 0 Å². The number of hydrogen-bond acceptors (Lipinski definition) is 1. The van der Waals surface area contributed by atoms with E-state index in [0.717, 1.165) is 18.3 Å². The van der Waals surface area contributed by atoms with Gasteiger partial charge in [-0.1, -0.05) is 53.2 Å². The summed E-state index contributed by atoms with van der Waals surface area (Å²) in [5, 5.41) is 0. The van der Waals surface area contributed by atoms with Crippen molar-refractivity contribution >= 4 is 6.29 Å². The second kappa shape index (κ2) is 6.73. The SMILES string of the molecule is C=C(C)[C@H]1CC[C@]2(C=O)[C@H]3CC[C@@H]4[C@@]5(C)CCCC(C)(C)[C@@H]5CC[C@@]4(C)[C@]3(C)CC[C@@H]12. The minimum Gasteiger partial charge on any atom is -0.303 e. The van der Waals surface area contributed by atoms with Crippen LogP contribution in [0.3, 0.4) is 0 Å². The minimum atomic E-state index is -0.0752. The van der Waals surface area contributed by atoms with Gasteiger partial charge in [-0.15, -0.1) is 0 Å². The molecule has 0 amide bonds. The Bertz CT molecular complexity index is 779. The fourth-order valence-corrected chi connectivity index (χ4v) is 11.7. The second-order valence-corrected chi connectivity index (χ2v) is 14.3. The Kier molecular flexibility index (Phi) is 4.82. The van der Waals surface area contributed by atoms with E-state index >= 15 is 0 Å². The summed E-state index contributed by atoms with van der Waals surface area (Å²) in [7, 11) is 0. The first-order chi connectivity index (χ1) is 14.5. The third kappa shape index (κ3) is 2.59. The summed E-state index contributed by atoms with van der Waals surface area (Å²) >= 11 is 0. The minimum absolute atomic E-state index is 0.0752. The van der Waals surface area contributed by atoms with Crippen molar-refractivity contribution in [2.24, 2.45) is 56.7 Å². The van der Waals surface area contributed by atoms with Gasteiger partial charge in [0.25, 0.3) is 0 Å². The van der Waals surface area contributed by atoms with E-state index in [0.29, 0.717) is 39.4 Å². The Balaban J connectivity index is 1.55. The zero-order valence-electron chi connectivity index (χ0n) is 21.4. The average molecular weight is 425 g/mol. The molecule has 5 aliphatic rings. The molecule has 1 heteroatoms. The molecule has 5 saturated carbocycles. The highest BCUT2D eigenvalue weighted by Gasteiger charge is 2.71. The molecule has 5 aliphatic carbocycles. The molecule has 5 fully saturated rings. The lowest BCUT2D eigenvalue weighted by Gasteiger charge is -2.72. The monoisotopic (exact) mass is 424 g/mol. The standard InChI is InChI=1S/C30H48O/c1-20(2)21-11-18-30(19-31)22(21)12-16-29(7)25(30)10-9-24-27(5)15-8-14-26(3,4)23(27)13-17-28(24,29)6/h19,21-25H,1,8-18H2,2-7H3/t21-,22+,23+,24-,25+,27+,28-,29-,30-/m1/s1. The predicted molar refractivity (Wildman–Crippen MR) is 130 cm³/mol. The van der Waals surface area contributed by atoms with Crippen molar-refractivity contribution < 1.29 is 4.79 Å². The largest absolute Gasteiger partial charge is 0.303 e. The van der Waals surface area contributed by atoms with E-state index < -0.39 is 0 Å². The van der Waals surface area contributed by atoms with Gasteiger partial charge in [0.05, 0.1) is 0 Å². The molecule has 9 atom stereocenters. The number of aldehydes is 1. The predicted octanol–water partition coefficient (Wildman–Crippen LogP) is 8.23. The molecule has 0 radical (unpaired) electrons. The first-order valence-corrected chi connectivity index (χ1v) is 13.6. The second-order valence-electron chi connectivity index (χ2n) is 14.3. The van der Waals surface area contributed by atoms with Gasteiger partial charge in [0, 0.05) is 5.41 Å². The van der Waals surface area contributed by atoms with E-state index in [-0.39, 0.29) is 5.41 Å². The Morgan fingerprint density at radius 2 is 1.42 bits per heavy atom. The van der Waals surface area contributed by atoms with Crippen molar-refractivity contribution in [3.63, 3.8) is 0 Å². The maximum Gasteiger partial charge on any atom is 0.126 e. The van der Waals surface area contributed by atoms with Crippen LogP contribution in [0.2, 0.25) is 0 Å². The third-order valence-electron chi connectivity index (χ3n) is 13.2. The van der Waals surface area contributed by atoms with E-state index in [2.05, 4.69) is 48.1 Å². The maximum atomic E-state index is 12.9. The Labute approximate surface area is 192 Å². The van der Waals surface area contributed by atoms with Crippen LogP contribution in [0, 0.1) is 56.7 Å². The van der Waals surface area contributed by atoms with Crippen LogP contribution in [0.15, 0.2) is 12.2 Å². The summed E-state index contributed by atoms with van der Waals surface area (Å²) in [6.07, 6.45) is 16.1. The van der Waals surface area contributed by atoms with Crippen molar-refractivity contribution in [1.82, 2.24) is 0 Å². The van der Waals surface area contributed by atoms with Crippen LogP contribution < -0.4 is 0 Å². The van der Waals surface area contributed by atoms with Crippen LogP contribution in [-0.4, -0.2) is 6.29 Å². The summed E-state index contributed by atoms with van der Waals surface area (Å²) in [5.74, 6) is 3.42. The molecular formula is C30H48O. The van der Waals surface area contributed by atoms with Gasteiger partial charge in [0.2, 0.25) is 0 Å². The van der Waals surface area contributed by atoms with E-state index in [1.54, 1.807) is 0 Å². The Hall–Kier alpha value is -0.590. The average Bonchev–Trinajstić information content (AvgIpc) is 3.08. The zero-order chi connectivity index (χ0) is 22.4. The highest BCUT2D eigenvalue weighted by Crippen LogP contribution is 2.77. The summed E-state index contributed by atoms with van der Waals surface area (Å²) in [6.45, 7) is 19.7. The molecule has 1 nitrogen and oxygen atoms in total. The molecule has 0 N–H and O–H groups in total. The molecule has 5 rings (SSSR count). The van der Waals surface area contributed by atoms with E-state index in [1.165, 1.54) is 76.1 Å². The van der Waals surface area contributed by atoms with E-state index in [1.807, 2.05) is 0 Å². The fourth-order valence-electron chi connectivity index (χ4n) is 11.7. The van der Waals surface area contributed by atoms with Gasteiger partial charge in [-0.3, -0.25) is 0 Å². The fraction of sp³-hybridized carbons (Fsp3) is 0.900. The van der Waals surface area contributed by atoms with Gasteiger partial charge in [-0.2, -0.15) is 0 Å². The zero-order valence-corrected chi connectivity index (χ0v) is 21.4. The van der Waals surface area contributed by atoms with Gasteiger partial charge in [-0.25, -0.2) is 0 Å². The smallest absolute Gasteiger partial charge is 0.126 e. The van der Waals surface area contributed by atoms with Gasteiger partial charge in [-0.05, 0) is 122 Å². The van der Waals surface area contributed by atoms with Crippen molar-refractivity contribution in [1.29, 1.82) is 0 Å². The topological polar surface area (TPSA) is 17.1 Å². The van der Waals surface area contributed by atoms with Crippen LogP contribution in [0.5, 0.6) is 0 Å². The quantitative estimate of drug-likeness (QED) is 0.322. The number of fused-ring (bicyclic) bond motifs is 7. The summed E-state index contributed by atoms with van der Waals surface area (Å²) < 4.78 is 0. The molecule has 0 spiro atoms. The molecule has 0 unspecified atom stereocenters. The maximum absolute atomic E-state index is 12.9. The third-order valence-corrected chi connectivity index (χ3v) is 13.2. The molecule has 0 bridgehead atoms. The summed E-state index contributed by atoms with van der Waals surface area (Å²) in [6, 6.07) is 0. The highest BCUT2D eigenvalue weighted by molar-refractivity contribution is 5.63. The molecule has 0 aromatic heterocycles. The lowest BCUT2D eigenvalue weighted by atomic mass is 9.32. The normalized spacial score (nSPS) is 55.4. The Morgan fingerprint density at radius 1 is 0.774 bits per heavy atom. The molecule has 174 valence electrons. The van der Waals surface area contributed by atoms with E-state index in [4.69, 9.17) is 0 Å². The number of carbonyl (C=O) groups is 1. The van der Waals surface area contributed by atoms with Gasteiger partial charge >= 0.3 is 0 Å². The number of rotatable bonds is 2. The Morgan fingerprint density at radius 3 is 2.10 bits per heavy atom. The van der Waals surface area contributed by atoms with Crippen LogP contribution in [0.25, 0.3) is 0 Å². The molecule has 0 aromatic carbocycles. The number of carbonyl (C=O) groups excluding carboxylic acids is 1. The van der Waals surface area contributed by atoms with Crippen LogP contribution in [0.1, 0.15) is 112 Å². The molecule has 0 aliphatic heterocycles. The molecular weight excluding hydrogens is 376 g/mol. The van der Waals surface area contributed by atoms with Gasteiger partial charge in [0.15, 0.2) is 0 Å². The first kappa shape index (κ1) is 22.2. The lowest BCUT2D eigenvalue weighted by Crippen LogP contribution is -2.66. The molecule has 31 heavy (non-hydrogen) atoms. The van der Waals surface area contributed by atoms with Crippen LogP contribution >= 0.6 is 0 Å². The molecule has 0 heterocycles. The first-order valence-electron chi connectivity index (χ1n) is 13.6. The lowest BCUT2D eigenvalue weighted by molar-refractivity contribution is -0.238. The van der Waals surface area contributed by atoms with Gasteiger partial charge < -0.3 is 4.79 Å². The molecule has 0 aromatic rings. The van der Waals surface area contributed by atoms with Crippen molar-refractivity contribution in [3.8, 4) is 0 Å². The van der Waals surface area contributed by atoms with E-state index in [9.17, 15) is 4.79 Å². The number of hydrogen-bond donors (Lipinski definition) is 0. The summed E-state index contributed by atoms with van der Waals surface area (Å²) in [5.41, 5.74) is 2.94. The van der Waals surface area contributed by atoms with Crippen molar-refractivity contribution in [2.45, 2.75) is 112 Å². The van der Waals surface area contributed by atoms with Crippen LogP contribution in [-0.2, 0) is 4.79 Å². The van der Waals surface area contributed by atoms with Gasteiger partial charge in [0.1, 0.15) is 6.29 Å². The van der Waals surface area contributed by atoms with Crippen molar-refractivity contribution in [3.05, 3.63) is 12.2 Å². The summed E-state index contributed by atoms with van der Waals surface area (Å²) in [4.78, 5) is 12.9. The van der Waals surface area contributed by atoms with Crippen LogP contribution in [0.4, 0.5) is 0 Å². The number of allylic oxidation sites excluding steroid dienone is 1. The highest BCUT2D eigenvalue weighted by atomic mass is 16.1.